The van der Waals surface area contributed by atoms with E-state index >= 15 is 0 Å². The second-order valence-electron chi connectivity index (χ2n) is 7.16. The molecule has 0 aliphatic heterocycles. The monoisotopic (exact) mass is 289 g/mol. The van der Waals surface area contributed by atoms with E-state index in [-0.39, 0.29) is 11.8 Å². The van der Waals surface area contributed by atoms with E-state index in [4.69, 9.17) is 4.84 Å². The lowest BCUT2D eigenvalue weighted by Crippen LogP contribution is -2.35. The molecule has 1 aromatic carbocycles. The Hall–Kier alpha value is -1.35. The Morgan fingerprint density at radius 3 is 2.33 bits per heavy atom. The minimum Gasteiger partial charge on any atom is -0.273 e. The molecule has 0 bridgehead atoms. The molecule has 0 heterocycles. The number of hydrogen-bond acceptors (Lipinski definition) is 2. The Labute approximate surface area is 128 Å². The van der Waals surface area contributed by atoms with Gasteiger partial charge in [0.1, 0.15) is 0 Å². The maximum atomic E-state index is 12.1. The summed E-state index contributed by atoms with van der Waals surface area (Å²) in [5.41, 5.74) is 4.03. The largest absolute Gasteiger partial charge is 0.273 e. The van der Waals surface area contributed by atoms with Gasteiger partial charge in [0.2, 0.25) is 5.91 Å². The van der Waals surface area contributed by atoms with Crippen LogP contribution >= 0.6 is 0 Å². The maximum Gasteiger partial charge on any atom is 0.246 e. The zero-order valence-electron chi connectivity index (χ0n) is 13.4. The molecule has 0 aromatic heterocycles. The first kappa shape index (κ1) is 16.0. The van der Waals surface area contributed by atoms with Gasteiger partial charge in [0.25, 0.3) is 0 Å². The number of nitrogens with one attached hydrogen (secondary N) is 1. The summed E-state index contributed by atoms with van der Waals surface area (Å²) in [6.07, 6.45) is 4.23. The zero-order valence-corrected chi connectivity index (χ0v) is 13.4. The molecular weight excluding hydrogens is 262 g/mol. The van der Waals surface area contributed by atoms with Crippen LogP contribution in [0.3, 0.4) is 0 Å². The Kier molecular flexibility index (Phi) is 5.40. The molecule has 2 rings (SSSR count). The van der Waals surface area contributed by atoms with Crippen molar-refractivity contribution in [1.82, 2.24) is 5.48 Å². The van der Waals surface area contributed by atoms with Crippen LogP contribution in [0.5, 0.6) is 0 Å². The van der Waals surface area contributed by atoms with Crippen molar-refractivity contribution < 1.29 is 9.63 Å². The molecule has 1 amide bonds. The quantitative estimate of drug-likeness (QED) is 0.848. The first-order valence-corrected chi connectivity index (χ1v) is 7.92. The van der Waals surface area contributed by atoms with Crippen LogP contribution in [0.25, 0.3) is 0 Å². The Morgan fingerprint density at radius 2 is 1.76 bits per heavy atom. The third-order valence-corrected chi connectivity index (χ3v) is 4.58. The third kappa shape index (κ3) is 4.85. The number of hydroxylamine groups is 1. The van der Waals surface area contributed by atoms with Gasteiger partial charge in [-0.1, -0.05) is 51.1 Å². The number of benzene rings is 1. The highest BCUT2D eigenvalue weighted by molar-refractivity contribution is 5.77. The fraction of sp³-hybridized carbons (Fsp3) is 0.611. The number of carbonyl (C=O) groups is 1. The topological polar surface area (TPSA) is 38.3 Å². The van der Waals surface area contributed by atoms with E-state index in [1.165, 1.54) is 0 Å². The highest BCUT2D eigenvalue weighted by atomic mass is 16.6. The maximum absolute atomic E-state index is 12.1. The molecule has 3 nitrogen and oxygen atoms in total. The predicted molar refractivity (Wildman–Crippen MR) is 84.3 cm³/mol. The summed E-state index contributed by atoms with van der Waals surface area (Å²) in [7, 11) is 0. The molecule has 116 valence electrons. The zero-order chi connectivity index (χ0) is 15.3. The van der Waals surface area contributed by atoms with Gasteiger partial charge in [-0.2, -0.15) is 0 Å². The molecule has 21 heavy (non-hydrogen) atoms. The molecule has 0 saturated heterocycles. The third-order valence-electron chi connectivity index (χ3n) is 4.58. The van der Waals surface area contributed by atoms with Crippen LogP contribution in [0.4, 0.5) is 0 Å². The lowest BCUT2D eigenvalue weighted by molar-refractivity contribution is -0.140. The predicted octanol–water partition coefficient (Wildman–Crippen LogP) is 4.09. The van der Waals surface area contributed by atoms with Crippen molar-refractivity contribution in [3.05, 3.63) is 35.9 Å². The summed E-state index contributed by atoms with van der Waals surface area (Å²) < 4.78 is 0. The van der Waals surface area contributed by atoms with Crippen molar-refractivity contribution in [1.29, 1.82) is 0 Å². The molecule has 0 unspecified atom stereocenters. The average Bonchev–Trinajstić information content (AvgIpc) is 2.47. The van der Waals surface area contributed by atoms with E-state index in [0.717, 1.165) is 37.2 Å². The minimum atomic E-state index is 0.0401. The highest BCUT2D eigenvalue weighted by Crippen LogP contribution is 2.39. The molecule has 0 spiro atoms. The Morgan fingerprint density at radius 1 is 1.14 bits per heavy atom. The molecule has 1 aliphatic carbocycles. The second kappa shape index (κ2) is 7.08. The average molecular weight is 289 g/mol. The highest BCUT2D eigenvalue weighted by Gasteiger charge is 2.32. The van der Waals surface area contributed by atoms with Crippen LogP contribution in [-0.2, 0) is 16.2 Å². The van der Waals surface area contributed by atoms with Gasteiger partial charge in [-0.05, 0) is 42.6 Å². The van der Waals surface area contributed by atoms with E-state index in [9.17, 15) is 4.79 Å². The normalized spacial score (nSPS) is 22.8. The molecule has 1 fully saturated rings. The van der Waals surface area contributed by atoms with Crippen molar-refractivity contribution in [2.75, 3.05) is 0 Å². The van der Waals surface area contributed by atoms with Crippen molar-refractivity contribution in [3.8, 4) is 0 Å². The molecule has 1 saturated carbocycles. The van der Waals surface area contributed by atoms with Gasteiger partial charge < -0.3 is 0 Å². The molecule has 0 atom stereocenters. The van der Waals surface area contributed by atoms with Crippen molar-refractivity contribution in [3.63, 3.8) is 0 Å². The number of hydrogen-bond donors (Lipinski definition) is 1. The fourth-order valence-electron chi connectivity index (χ4n) is 3.07. The van der Waals surface area contributed by atoms with Gasteiger partial charge >= 0.3 is 0 Å². The number of carbonyl (C=O) groups excluding carboxylic acids is 1. The van der Waals surface area contributed by atoms with Crippen LogP contribution in [0.2, 0.25) is 0 Å². The van der Waals surface area contributed by atoms with Crippen molar-refractivity contribution in [2.24, 2.45) is 17.3 Å². The van der Waals surface area contributed by atoms with Crippen LogP contribution in [-0.4, -0.2) is 5.91 Å². The minimum absolute atomic E-state index is 0.0401. The SMILES string of the molecule is CC(C)(C)C1CCC(C(=O)NOCc2ccccc2)CC1. The van der Waals surface area contributed by atoms with Gasteiger partial charge in [0.05, 0.1) is 6.61 Å². The van der Waals surface area contributed by atoms with Crippen LogP contribution < -0.4 is 5.48 Å². The Balaban J connectivity index is 1.70. The summed E-state index contributed by atoms with van der Waals surface area (Å²) in [6.45, 7) is 7.30. The van der Waals surface area contributed by atoms with E-state index < -0.39 is 0 Å². The number of amides is 1. The van der Waals surface area contributed by atoms with Crippen LogP contribution in [0, 0.1) is 17.3 Å². The standard InChI is InChI=1S/C18H27NO2/c1-18(2,3)16-11-9-15(10-12-16)17(20)19-21-13-14-7-5-4-6-8-14/h4-8,15-16H,9-13H2,1-3H3,(H,19,20). The molecule has 1 aliphatic rings. The van der Waals surface area contributed by atoms with Gasteiger partial charge in [-0.15, -0.1) is 0 Å². The lowest BCUT2D eigenvalue weighted by atomic mass is 9.70. The second-order valence-corrected chi connectivity index (χ2v) is 7.16. The summed E-state index contributed by atoms with van der Waals surface area (Å²) in [5, 5.41) is 0. The summed E-state index contributed by atoms with van der Waals surface area (Å²) in [4.78, 5) is 17.4. The molecule has 3 heteroatoms. The van der Waals surface area contributed by atoms with E-state index in [1.807, 2.05) is 30.3 Å². The van der Waals surface area contributed by atoms with Crippen LogP contribution in [0.15, 0.2) is 30.3 Å². The van der Waals surface area contributed by atoms with Crippen LogP contribution in [0.1, 0.15) is 52.0 Å². The fourth-order valence-corrected chi connectivity index (χ4v) is 3.07. The first-order valence-electron chi connectivity index (χ1n) is 7.92. The first-order chi connectivity index (χ1) is 9.97. The van der Waals surface area contributed by atoms with Gasteiger partial charge in [0, 0.05) is 5.92 Å². The molecule has 1 aromatic rings. The summed E-state index contributed by atoms with van der Waals surface area (Å²) >= 11 is 0. The van der Waals surface area contributed by atoms with E-state index in [0.29, 0.717) is 12.0 Å². The summed E-state index contributed by atoms with van der Waals surface area (Å²) in [5.74, 6) is 0.879. The van der Waals surface area contributed by atoms with Gasteiger partial charge in [-0.25, -0.2) is 5.48 Å². The molecule has 1 N–H and O–H groups in total. The Bertz CT molecular complexity index is 442. The smallest absolute Gasteiger partial charge is 0.246 e. The van der Waals surface area contributed by atoms with Gasteiger partial charge in [0.15, 0.2) is 0 Å². The van der Waals surface area contributed by atoms with Gasteiger partial charge in [-0.3, -0.25) is 9.63 Å². The van der Waals surface area contributed by atoms with Crippen molar-refractivity contribution >= 4 is 5.91 Å². The van der Waals surface area contributed by atoms with E-state index in [1.54, 1.807) is 0 Å². The molecule has 0 radical (unpaired) electrons. The van der Waals surface area contributed by atoms with Crippen molar-refractivity contribution in [2.45, 2.75) is 53.1 Å². The lowest BCUT2D eigenvalue weighted by Gasteiger charge is -2.36. The van der Waals surface area contributed by atoms with E-state index in [2.05, 4.69) is 26.3 Å². The molecular formula is C18H27NO2. The number of rotatable bonds is 4. The summed E-state index contributed by atoms with van der Waals surface area (Å²) in [6, 6.07) is 9.87.